The van der Waals surface area contributed by atoms with E-state index in [-0.39, 0.29) is 5.78 Å². The van der Waals surface area contributed by atoms with Crippen LogP contribution < -0.4 is 5.73 Å². The number of nitrogens with two attached hydrogens (primary N) is 1. The van der Waals surface area contributed by atoms with Crippen LogP contribution in [0.1, 0.15) is 17.3 Å². The second kappa shape index (κ2) is 5.25. The van der Waals surface area contributed by atoms with Crippen LogP contribution in [0.5, 0.6) is 0 Å². The van der Waals surface area contributed by atoms with E-state index in [0.717, 1.165) is 13.1 Å². The molecule has 1 saturated heterocycles. The molecular weight excluding hydrogens is 218 g/mol. The number of aromatic nitrogens is 1. The molecule has 1 atom stereocenters. The van der Waals surface area contributed by atoms with Gasteiger partial charge in [0.15, 0.2) is 5.78 Å². The van der Waals surface area contributed by atoms with Gasteiger partial charge in [-0.15, -0.1) is 0 Å². The largest absolute Gasteiger partial charge is 0.398 e. The molecule has 0 spiro atoms. The number of Topliss-reactive ketones (excluding diaryl/α,β-unsaturated/α-hetero) is 1. The molecule has 2 N–H and O–H groups in total. The number of likely N-dealkylation sites (N-methyl/N-ethyl adjacent to an activating group) is 1. The van der Waals surface area contributed by atoms with Crippen molar-refractivity contribution < 1.29 is 9.53 Å². The van der Waals surface area contributed by atoms with Crippen molar-refractivity contribution in [3.8, 4) is 0 Å². The van der Waals surface area contributed by atoms with Crippen LogP contribution >= 0.6 is 0 Å². The van der Waals surface area contributed by atoms with Crippen molar-refractivity contribution in [2.45, 2.75) is 13.0 Å². The summed E-state index contributed by atoms with van der Waals surface area (Å²) in [5, 5.41) is 0. The molecule has 92 valence electrons. The van der Waals surface area contributed by atoms with Crippen LogP contribution in [0.25, 0.3) is 0 Å². The Morgan fingerprint density at radius 3 is 3.24 bits per heavy atom. The number of ketones is 1. The third-order valence-electron chi connectivity index (χ3n) is 3.01. The second-order valence-electron chi connectivity index (χ2n) is 4.08. The number of rotatable bonds is 3. The van der Waals surface area contributed by atoms with Gasteiger partial charge in [0.05, 0.1) is 12.2 Å². The Morgan fingerprint density at radius 1 is 1.71 bits per heavy atom. The van der Waals surface area contributed by atoms with Crippen LogP contribution in [0.4, 0.5) is 5.69 Å². The number of hydrogen-bond acceptors (Lipinski definition) is 5. The molecule has 0 aliphatic carbocycles. The molecule has 0 bridgehead atoms. The monoisotopic (exact) mass is 235 g/mol. The Kier molecular flexibility index (Phi) is 3.71. The van der Waals surface area contributed by atoms with E-state index in [4.69, 9.17) is 10.5 Å². The van der Waals surface area contributed by atoms with Gasteiger partial charge in [0, 0.05) is 31.2 Å². The molecule has 1 aliphatic rings. The number of anilines is 1. The predicted molar refractivity (Wildman–Crippen MR) is 64.8 cm³/mol. The van der Waals surface area contributed by atoms with E-state index < -0.39 is 6.10 Å². The van der Waals surface area contributed by atoms with Crippen LogP contribution in [0.2, 0.25) is 0 Å². The molecule has 0 amide bonds. The zero-order valence-electron chi connectivity index (χ0n) is 9.93. The van der Waals surface area contributed by atoms with Gasteiger partial charge < -0.3 is 10.5 Å². The summed E-state index contributed by atoms with van der Waals surface area (Å²) in [5.74, 6) is -0.0752. The van der Waals surface area contributed by atoms with E-state index in [2.05, 4.69) is 16.8 Å². The lowest BCUT2D eigenvalue weighted by molar-refractivity contribution is -0.0148. The van der Waals surface area contributed by atoms with Gasteiger partial charge in [-0.3, -0.25) is 14.7 Å². The fourth-order valence-electron chi connectivity index (χ4n) is 1.93. The van der Waals surface area contributed by atoms with Gasteiger partial charge in [0.1, 0.15) is 6.10 Å². The van der Waals surface area contributed by atoms with Gasteiger partial charge in [-0.05, 0) is 12.6 Å². The summed E-state index contributed by atoms with van der Waals surface area (Å²) in [7, 11) is 0. The zero-order chi connectivity index (χ0) is 12.3. The lowest BCUT2D eigenvalue weighted by Crippen LogP contribution is -2.46. The highest BCUT2D eigenvalue weighted by atomic mass is 16.5. The first-order chi connectivity index (χ1) is 8.22. The summed E-state index contributed by atoms with van der Waals surface area (Å²) in [6.07, 6.45) is 2.66. The molecule has 0 aromatic carbocycles. The smallest absolute Gasteiger partial charge is 0.196 e. The molecule has 2 rings (SSSR count). The minimum Gasteiger partial charge on any atom is -0.398 e. The summed E-state index contributed by atoms with van der Waals surface area (Å²) in [6.45, 7) is 5.10. The molecule has 1 aromatic heterocycles. The second-order valence-corrected chi connectivity index (χ2v) is 4.08. The Hall–Kier alpha value is -1.46. The van der Waals surface area contributed by atoms with Crippen LogP contribution in [-0.4, -0.2) is 48.0 Å². The summed E-state index contributed by atoms with van der Waals surface area (Å²) < 4.78 is 5.51. The molecule has 1 aromatic rings. The van der Waals surface area contributed by atoms with Gasteiger partial charge in [0.25, 0.3) is 0 Å². The first-order valence-electron chi connectivity index (χ1n) is 5.80. The quantitative estimate of drug-likeness (QED) is 0.776. The number of morpholine rings is 1. The number of carbonyl (C=O) groups excluding carboxylic acids is 1. The molecule has 1 aliphatic heterocycles. The lowest BCUT2D eigenvalue weighted by Gasteiger charge is -2.31. The van der Waals surface area contributed by atoms with Gasteiger partial charge >= 0.3 is 0 Å². The van der Waals surface area contributed by atoms with Gasteiger partial charge in [-0.25, -0.2) is 0 Å². The van der Waals surface area contributed by atoms with Gasteiger partial charge in [-0.1, -0.05) is 6.92 Å². The minimum atomic E-state index is -0.421. The van der Waals surface area contributed by atoms with E-state index in [1.54, 1.807) is 12.3 Å². The van der Waals surface area contributed by atoms with Crippen molar-refractivity contribution in [3.05, 3.63) is 24.0 Å². The Balaban J connectivity index is 2.12. The average molecular weight is 235 g/mol. The molecule has 5 nitrogen and oxygen atoms in total. The maximum atomic E-state index is 12.2. The highest BCUT2D eigenvalue weighted by Gasteiger charge is 2.27. The molecule has 0 saturated carbocycles. The zero-order valence-corrected chi connectivity index (χ0v) is 9.93. The third-order valence-corrected chi connectivity index (χ3v) is 3.01. The topological polar surface area (TPSA) is 68.5 Å². The van der Waals surface area contributed by atoms with Crippen molar-refractivity contribution in [2.24, 2.45) is 0 Å². The minimum absolute atomic E-state index is 0.0752. The molecule has 1 unspecified atom stereocenters. The van der Waals surface area contributed by atoms with Gasteiger partial charge in [-0.2, -0.15) is 0 Å². The van der Waals surface area contributed by atoms with Gasteiger partial charge in [0.2, 0.25) is 0 Å². The van der Waals surface area contributed by atoms with E-state index in [1.165, 1.54) is 6.20 Å². The molecule has 17 heavy (non-hydrogen) atoms. The number of pyridine rings is 1. The lowest BCUT2D eigenvalue weighted by atomic mass is 10.1. The Bertz CT molecular complexity index is 408. The van der Waals surface area contributed by atoms with Crippen molar-refractivity contribution >= 4 is 11.5 Å². The Morgan fingerprint density at radius 2 is 2.53 bits per heavy atom. The van der Waals surface area contributed by atoms with E-state index in [9.17, 15) is 4.79 Å². The molecular formula is C12H17N3O2. The third kappa shape index (κ3) is 2.62. The number of nitrogen functional groups attached to an aromatic ring is 1. The summed E-state index contributed by atoms with van der Waals surface area (Å²) in [5.41, 5.74) is 6.68. The van der Waals surface area contributed by atoms with Crippen LogP contribution in [-0.2, 0) is 4.74 Å². The summed E-state index contributed by atoms with van der Waals surface area (Å²) in [4.78, 5) is 18.3. The normalized spacial score (nSPS) is 21.4. The van der Waals surface area contributed by atoms with Crippen LogP contribution in [0.3, 0.4) is 0 Å². The molecule has 2 heterocycles. The fourth-order valence-corrected chi connectivity index (χ4v) is 1.93. The molecule has 5 heteroatoms. The number of ether oxygens (including phenoxy) is 1. The highest BCUT2D eigenvalue weighted by Crippen LogP contribution is 2.15. The first kappa shape index (κ1) is 12.0. The average Bonchev–Trinajstić information content (AvgIpc) is 2.38. The maximum Gasteiger partial charge on any atom is 0.196 e. The number of nitrogens with zero attached hydrogens (tertiary/aromatic N) is 2. The predicted octanol–water partition coefficient (Wildman–Crippen LogP) is 0.567. The van der Waals surface area contributed by atoms with Crippen molar-refractivity contribution in [1.82, 2.24) is 9.88 Å². The maximum absolute atomic E-state index is 12.2. The summed E-state index contributed by atoms with van der Waals surface area (Å²) >= 11 is 0. The number of hydrogen-bond donors (Lipinski definition) is 1. The van der Waals surface area contributed by atoms with Crippen molar-refractivity contribution in [3.63, 3.8) is 0 Å². The van der Waals surface area contributed by atoms with E-state index in [0.29, 0.717) is 24.4 Å². The molecule has 0 radical (unpaired) electrons. The van der Waals surface area contributed by atoms with Crippen LogP contribution in [0.15, 0.2) is 18.5 Å². The fraction of sp³-hybridized carbons (Fsp3) is 0.500. The number of carbonyl (C=O) groups is 1. The van der Waals surface area contributed by atoms with Crippen LogP contribution in [0, 0.1) is 0 Å². The SMILES string of the molecule is CCN1CCOC(C(=O)c2cnccc2N)C1. The Labute approximate surface area is 101 Å². The highest BCUT2D eigenvalue weighted by molar-refractivity contribution is 6.03. The standard InChI is InChI=1S/C12H17N3O2/c1-2-15-5-6-17-11(8-15)12(16)9-7-14-4-3-10(9)13/h3-4,7,11H,2,5-6,8H2,1H3,(H2,13,14). The van der Waals surface area contributed by atoms with Crippen molar-refractivity contribution in [2.75, 3.05) is 32.0 Å². The van der Waals surface area contributed by atoms with E-state index in [1.807, 2.05) is 0 Å². The van der Waals surface area contributed by atoms with E-state index >= 15 is 0 Å². The van der Waals surface area contributed by atoms with Crippen molar-refractivity contribution in [1.29, 1.82) is 0 Å². The first-order valence-corrected chi connectivity index (χ1v) is 5.80. The summed E-state index contributed by atoms with van der Waals surface area (Å²) in [6, 6.07) is 1.63. The molecule has 1 fully saturated rings.